The smallest absolute Gasteiger partial charge is 0.335 e. The second-order valence-electron chi connectivity index (χ2n) is 7.07. The van der Waals surface area contributed by atoms with E-state index in [4.69, 9.17) is 39.8 Å². The normalized spacial score (nSPS) is 15.2. The molecular weight excluding hydrogens is 487 g/mol. The van der Waals surface area contributed by atoms with Gasteiger partial charge in [-0.1, -0.05) is 41.4 Å². The number of amides is 2. The minimum atomic E-state index is -1.05. The van der Waals surface area contributed by atoms with Gasteiger partial charge >= 0.3 is 5.97 Å². The number of furan rings is 1. The lowest BCUT2D eigenvalue weighted by atomic mass is 10.0. The van der Waals surface area contributed by atoms with Crippen LogP contribution in [-0.4, -0.2) is 28.0 Å². The van der Waals surface area contributed by atoms with E-state index in [0.717, 1.165) is 4.90 Å². The number of anilines is 1. The largest absolute Gasteiger partial charge is 0.478 e. The van der Waals surface area contributed by atoms with E-state index >= 15 is 0 Å². The summed E-state index contributed by atoms with van der Waals surface area (Å²) in [6.07, 6.45) is 1.28. The van der Waals surface area contributed by atoms with Gasteiger partial charge in [-0.3, -0.25) is 19.8 Å². The Balaban J connectivity index is 1.70. The Morgan fingerprint density at radius 1 is 1.15 bits per heavy atom. The predicted octanol–water partition coefficient (Wildman–Crippen LogP) is 5.09. The Labute approximate surface area is 203 Å². The first-order valence-electron chi connectivity index (χ1n) is 9.47. The number of halogens is 2. The highest BCUT2D eigenvalue weighted by Crippen LogP contribution is 2.34. The molecule has 0 aliphatic carbocycles. The van der Waals surface area contributed by atoms with Crippen LogP contribution >= 0.6 is 35.4 Å². The lowest BCUT2D eigenvalue weighted by Crippen LogP contribution is -2.54. The van der Waals surface area contributed by atoms with E-state index in [0.29, 0.717) is 16.9 Å². The van der Waals surface area contributed by atoms with Crippen LogP contribution in [0.1, 0.15) is 21.7 Å². The molecule has 4 rings (SSSR count). The average Bonchev–Trinajstić information content (AvgIpc) is 3.23. The van der Waals surface area contributed by atoms with Gasteiger partial charge < -0.3 is 9.52 Å². The van der Waals surface area contributed by atoms with Crippen molar-refractivity contribution < 1.29 is 23.9 Å². The maximum absolute atomic E-state index is 13.1. The summed E-state index contributed by atoms with van der Waals surface area (Å²) in [5, 5.41) is 12.0. The number of carboxylic acid groups (broad SMARTS) is 1. The van der Waals surface area contributed by atoms with Crippen LogP contribution in [0.2, 0.25) is 10.0 Å². The molecule has 10 heteroatoms. The first-order chi connectivity index (χ1) is 15.7. The summed E-state index contributed by atoms with van der Waals surface area (Å²) >= 11 is 17.5. The average molecular weight is 501 g/mol. The van der Waals surface area contributed by atoms with Crippen LogP contribution in [0.15, 0.2) is 58.5 Å². The van der Waals surface area contributed by atoms with Gasteiger partial charge in [-0.05, 0) is 61.1 Å². The molecule has 0 unspecified atom stereocenters. The zero-order valence-electron chi connectivity index (χ0n) is 16.9. The molecule has 1 aliphatic heterocycles. The van der Waals surface area contributed by atoms with Crippen molar-refractivity contribution in [2.75, 3.05) is 4.90 Å². The molecule has 1 saturated heterocycles. The Hall–Kier alpha value is -3.46. The Morgan fingerprint density at radius 2 is 1.91 bits per heavy atom. The number of hydrogen-bond donors (Lipinski definition) is 2. The highest BCUT2D eigenvalue weighted by molar-refractivity contribution is 7.80. The monoisotopic (exact) mass is 500 g/mol. The minimum Gasteiger partial charge on any atom is -0.478 e. The third kappa shape index (κ3) is 4.28. The lowest BCUT2D eigenvalue weighted by Gasteiger charge is -2.29. The number of carbonyl (C=O) groups excluding carboxylic acids is 2. The van der Waals surface area contributed by atoms with E-state index in [2.05, 4.69) is 5.32 Å². The summed E-state index contributed by atoms with van der Waals surface area (Å²) in [5.41, 5.74) is 1.30. The van der Waals surface area contributed by atoms with Gasteiger partial charge in [-0.25, -0.2) is 4.79 Å². The van der Waals surface area contributed by atoms with Crippen LogP contribution in [0.4, 0.5) is 5.69 Å². The van der Waals surface area contributed by atoms with Crippen LogP contribution in [0, 0.1) is 6.92 Å². The molecule has 2 amide bonds. The van der Waals surface area contributed by atoms with E-state index in [-0.39, 0.29) is 37.7 Å². The van der Waals surface area contributed by atoms with Gasteiger partial charge in [-0.2, -0.15) is 0 Å². The molecule has 0 saturated carbocycles. The molecule has 0 bridgehead atoms. The van der Waals surface area contributed by atoms with Crippen molar-refractivity contribution in [3.63, 3.8) is 0 Å². The third-order valence-electron chi connectivity index (χ3n) is 4.94. The standard InChI is InChI=1S/C23H14Cl2N2O5S/c1-11-5-6-12(9-14(11)22(30)31)18-8-7-13(32-18)10-15-20(28)26-23(33)27(21(15)29)17-4-2-3-16(24)19(17)25/h2-10H,1H3,(H,30,31)(H,26,28,33)/b15-10+. The maximum Gasteiger partial charge on any atom is 0.335 e. The first-order valence-corrected chi connectivity index (χ1v) is 10.6. The van der Waals surface area contributed by atoms with Crippen LogP contribution in [-0.2, 0) is 9.59 Å². The number of nitrogens with zero attached hydrogens (tertiary/aromatic N) is 1. The van der Waals surface area contributed by atoms with E-state index in [1.807, 2.05) is 0 Å². The molecule has 0 radical (unpaired) electrons. The molecule has 7 nitrogen and oxygen atoms in total. The van der Waals surface area contributed by atoms with Gasteiger partial charge in [0.05, 0.1) is 21.3 Å². The quantitative estimate of drug-likeness (QED) is 0.294. The second-order valence-corrected chi connectivity index (χ2v) is 8.24. The van der Waals surface area contributed by atoms with E-state index < -0.39 is 17.8 Å². The molecule has 2 heterocycles. The molecule has 166 valence electrons. The summed E-state index contributed by atoms with van der Waals surface area (Å²) in [4.78, 5) is 38.1. The van der Waals surface area contributed by atoms with Gasteiger partial charge in [0.1, 0.15) is 17.1 Å². The van der Waals surface area contributed by atoms with E-state index in [1.54, 1.807) is 49.4 Å². The Morgan fingerprint density at radius 3 is 2.64 bits per heavy atom. The van der Waals surface area contributed by atoms with Crippen LogP contribution in [0.5, 0.6) is 0 Å². The Kier molecular flexibility index (Phi) is 6.07. The van der Waals surface area contributed by atoms with Crippen molar-refractivity contribution in [1.29, 1.82) is 0 Å². The van der Waals surface area contributed by atoms with E-state index in [1.165, 1.54) is 12.1 Å². The van der Waals surface area contributed by atoms with E-state index in [9.17, 15) is 19.5 Å². The van der Waals surface area contributed by atoms with Crippen molar-refractivity contribution in [2.24, 2.45) is 0 Å². The number of aromatic carboxylic acids is 1. The number of carbonyl (C=O) groups is 3. The minimum absolute atomic E-state index is 0.110. The van der Waals surface area contributed by atoms with Crippen molar-refractivity contribution >= 4 is 70.1 Å². The molecule has 33 heavy (non-hydrogen) atoms. The van der Waals surface area contributed by atoms with Gasteiger partial charge in [0, 0.05) is 5.56 Å². The number of carboxylic acids is 1. The number of nitrogens with one attached hydrogen (secondary N) is 1. The summed E-state index contributed by atoms with van der Waals surface area (Å²) in [7, 11) is 0. The second kappa shape index (κ2) is 8.82. The van der Waals surface area contributed by atoms with Gasteiger partial charge in [0.2, 0.25) is 0 Å². The summed E-state index contributed by atoms with van der Waals surface area (Å²) < 4.78 is 5.75. The SMILES string of the molecule is Cc1ccc(-c2ccc(/C=C3\C(=O)NC(=S)N(c4cccc(Cl)c4Cl)C3=O)o2)cc1C(=O)O. The molecule has 0 spiro atoms. The number of benzene rings is 2. The molecule has 2 N–H and O–H groups in total. The van der Waals surface area contributed by atoms with Crippen LogP contribution < -0.4 is 10.2 Å². The van der Waals surface area contributed by atoms with Crippen LogP contribution in [0.25, 0.3) is 17.4 Å². The highest BCUT2D eigenvalue weighted by Gasteiger charge is 2.36. The topological polar surface area (TPSA) is 99.9 Å². The van der Waals surface area contributed by atoms with Gasteiger partial charge in [0.25, 0.3) is 11.8 Å². The first kappa shape index (κ1) is 22.7. The molecular formula is C23H14Cl2N2O5S. The molecule has 0 atom stereocenters. The zero-order valence-corrected chi connectivity index (χ0v) is 19.2. The number of thiocarbonyl (C=S) groups is 1. The highest BCUT2D eigenvalue weighted by atomic mass is 35.5. The number of rotatable bonds is 4. The summed E-state index contributed by atoms with van der Waals surface area (Å²) in [6.45, 7) is 1.70. The van der Waals surface area contributed by atoms with Crippen molar-refractivity contribution in [3.8, 4) is 11.3 Å². The van der Waals surface area contributed by atoms with Crippen molar-refractivity contribution in [1.82, 2.24) is 5.32 Å². The zero-order chi connectivity index (χ0) is 23.9. The molecule has 1 aromatic heterocycles. The van der Waals surface area contributed by atoms with Crippen molar-refractivity contribution in [2.45, 2.75) is 6.92 Å². The number of hydrogen-bond acceptors (Lipinski definition) is 5. The van der Waals surface area contributed by atoms with Gasteiger partial charge in [-0.15, -0.1) is 0 Å². The molecule has 2 aromatic carbocycles. The fourth-order valence-corrected chi connectivity index (χ4v) is 3.93. The van der Waals surface area contributed by atoms with Crippen LogP contribution in [0.3, 0.4) is 0 Å². The Bertz CT molecular complexity index is 1380. The third-order valence-corrected chi connectivity index (χ3v) is 6.03. The fraction of sp³-hybridized carbons (Fsp3) is 0.0435. The molecule has 3 aromatic rings. The summed E-state index contributed by atoms with van der Waals surface area (Å²) in [6, 6.07) is 12.8. The number of aryl methyl sites for hydroxylation is 1. The fourth-order valence-electron chi connectivity index (χ4n) is 3.27. The molecule has 1 aliphatic rings. The predicted molar refractivity (Wildman–Crippen MR) is 129 cm³/mol. The summed E-state index contributed by atoms with van der Waals surface area (Å²) in [5.74, 6) is -1.86. The van der Waals surface area contributed by atoms with Gasteiger partial charge in [0.15, 0.2) is 5.11 Å². The van der Waals surface area contributed by atoms with Crippen molar-refractivity contribution in [3.05, 3.63) is 81.0 Å². The lowest BCUT2D eigenvalue weighted by molar-refractivity contribution is -0.122. The maximum atomic E-state index is 13.1. The molecule has 1 fully saturated rings.